The fourth-order valence-corrected chi connectivity index (χ4v) is 4.21. The third kappa shape index (κ3) is 3.55. The van der Waals surface area contributed by atoms with Crippen LogP contribution in [0.15, 0.2) is 72.1 Å². The molecule has 28 heavy (non-hydrogen) atoms. The van der Waals surface area contributed by atoms with Crippen LogP contribution in [-0.2, 0) is 12.8 Å². The van der Waals surface area contributed by atoms with Crippen LogP contribution in [0, 0.1) is 6.92 Å². The first-order valence-electron chi connectivity index (χ1n) is 9.05. The summed E-state index contributed by atoms with van der Waals surface area (Å²) in [5.74, 6) is 2.58. The SMILES string of the molecule is COc1ccccc1-n1c(-c2ccccc2)cnc1SCc1nc(C)cn1C. The van der Waals surface area contributed by atoms with E-state index in [1.165, 1.54) is 0 Å². The van der Waals surface area contributed by atoms with Crippen molar-refractivity contribution in [3.8, 4) is 22.7 Å². The molecular weight excluding hydrogens is 368 g/mol. The molecule has 0 aliphatic carbocycles. The van der Waals surface area contributed by atoms with Gasteiger partial charge in [-0.15, -0.1) is 0 Å². The minimum atomic E-state index is 0.741. The Kier molecular flexibility index (Phi) is 5.21. The maximum absolute atomic E-state index is 5.63. The van der Waals surface area contributed by atoms with Crippen LogP contribution in [0.2, 0.25) is 0 Å². The standard InChI is InChI=1S/C22H22N4OS/c1-16-14-25(2)21(24-16)15-28-22-23-13-19(17-9-5-4-6-10-17)26(22)18-11-7-8-12-20(18)27-3/h4-14H,15H2,1-3H3. The Balaban J connectivity index is 1.78. The van der Waals surface area contributed by atoms with Gasteiger partial charge >= 0.3 is 0 Å². The lowest BCUT2D eigenvalue weighted by molar-refractivity contribution is 0.412. The summed E-state index contributed by atoms with van der Waals surface area (Å²) in [4.78, 5) is 9.34. The first-order chi connectivity index (χ1) is 13.7. The highest BCUT2D eigenvalue weighted by molar-refractivity contribution is 7.98. The van der Waals surface area contributed by atoms with Crippen LogP contribution in [0.25, 0.3) is 16.9 Å². The minimum absolute atomic E-state index is 0.741. The molecule has 5 nitrogen and oxygen atoms in total. The van der Waals surface area contributed by atoms with Crippen molar-refractivity contribution in [1.29, 1.82) is 0 Å². The van der Waals surface area contributed by atoms with Crippen LogP contribution in [0.5, 0.6) is 5.75 Å². The van der Waals surface area contributed by atoms with Crippen LogP contribution in [-0.4, -0.2) is 26.2 Å². The number of rotatable bonds is 6. The molecule has 4 rings (SSSR count). The van der Waals surface area contributed by atoms with Gasteiger partial charge in [0.15, 0.2) is 5.16 Å². The van der Waals surface area contributed by atoms with E-state index >= 15 is 0 Å². The van der Waals surface area contributed by atoms with E-state index < -0.39 is 0 Å². The third-order valence-electron chi connectivity index (χ3n) is 4.55. The molecule has 0 bridgehead atoms. The van der Waals surface area contributed by atoms with Crippen molar-refractivity contribution in [1.82, 2.24) is 19.1 Å². The van der Waals surface area contributed by atoms with Gasteiger partial charge in [-0.1, -0.05) is 54.2 Å². The molecule has 0 amide bonds. The molecule has 2 heterocycles. The molecule has 2 aromatic heterocycles. The van der Waals surface area contributed by atoms with E-state index in [9.17, 15) is 0 Å². The Hall–Kier alpha value is -2.99. The average Bonchev–Trinajstić information content (AvgIpc) is 3.29. The van der Waals surface area contributed by atoms with E-state index in [2.05, 4.69) is 32.3 Å². The Bertz CT molecular complexity index is 1090. The lowest BCUT2D eigenvalue weighted by atomic mass is 10.1. The highest BCUT2D eigenvalue weighted by atomic mass is 32.2. The smallest absolute Gasteiger partial charge is 0.173 e. The quantitative estimate of drug-likeness (QED) is 0.440. The largest absolute Gasteiger partial charge is 0.495 e. The number of benzene rings is 2. The summed E-state index contributed by atoms with van der Waals surface area (Å²) >= 11 is 1.67. The van der Waals surface area contributed by atoms with Gasteiger partial charge in [-0.3, -0.25) is 4.57 Å². The summed E-state index contributed by atoms with van der Waals surface area (Å²) in [6.45, 7) is 2.01. The van der Waals surface area contributed by atoms with E-state index in [1.54, 1.807) is 18.9 Å². The summed E-state index contributed by atoms with van der Waals surface area (Å²) in [6, 6.07) is 18.3. The molecule has 4 aromatic rings. The van der Waals surface area contributed by atoms with Crippen molar-refractivity contribution in [2.75, 3.05) is 7.11 Å². The van der Waals surface area contributed by atoms with Gasteiger partial charge < -0.3 is 9.30 Å². The van der Waals surface area contributed by atoms with E-state index in [0.29, 0.717) is 0 Å². The molecule has 0 radical (unpaired) electrons. The second-order valence-corrected chi connectivity index (χ2v) is 7.44. The van der Waals surface area contributed by atoms with Crippen molar-refractivity contribution in [2.24, 2.45) is 7.05 Å². The van der Waals surface area contributed by atoms with Crippen LogP contribution in [0.1, 0.15) is 11.5 Å². The fraction of sp³-hybridized carbons (Fsp3) is 0.182. The molecule has 6 heteroatoms. The van der Waals surface area contributed by atoms with Gasteiger partial charge in [-0.25, -0.2) is 9.97 Å². The van der Waals surface area contributed by atoms with Gasteiger partial charge in [0.25, 0.3) is 0 Å². The summed E-state index contributed by atoms with van der Waals surface area (Å²) in [6.07, 6.45) is 3.96. The Morgan fingerprint density at radius 3 is 2.50 bits per heavy atom. The topological polar surface area (TPSA) is 44.9 Å². The lowest BCUT2D eigenvalue weighted by Crippen LogP contribution is -2.02. The summed E-state index contributed by atoms with van der Waals surface area (Å²) in [7, 11) is 3.72. The zero-order valence-corrected chi connectivity index (χ0v) is 17.0. The van der Waals surface area contributed by atoms with E-state index in [-0.39, 0.29) is 0 Å². The molecule has 0 spiro atoms. The van der Waals surface area contributed by atoms with Crippen molar-refractivity contribution >= 4 is 11.8 Å². The number of aromatic nitrogens is 4. The van der Waals surface area contributed by atoms with E-state index in [4.69, 9.17) is 9.72 Å². The molecule has 142 valence electrons. The number of ether oxygens (including phenoxy) is 1. The Morgan fingerprint density at radius 1 is 1.04 bits per heavy atom. The molecule has 2 aromatic carbocycles. The number of nitrogens with zero attached hydrogens (tertiary/aromatic N) is 4. The number of hydrogen-bond acceptors (Lipinski definition) is 4. The first-order valence-corrected chi connectivity index (χ1v) is 10.0. The van der Waals surface area contributed by atoms with Crippen molar-refractivity contribution < 1.29 is 4.74 Å². The zero-order valence-electron chi connectivity index (χ0n) is 16.2. The van der Waals surface area contributed by atoms with Gasteiger partial charge in [-0.2, -0.15) is 0 Å². The number of imidazole rings is 2. The maximum Gasteiger partial charge on any atom is 0.173 e. The predicted molar refractivity (Wildman–Crippen MR) is 113 cm³/mol. The van der Waals surface area contributed by atoms with Gasteiger partial charge in [-0.05, 0) is 19.1 Å². The first kappa shape index (κ1) is 18.4. The van der Waals surface area contributed by atoms with Gasteiger partial charge in [0.05, 0.1) is 36.1 Å². The lowest BCUT2D eigenvalue weighted by Gasteiger charge is -2.15. The maximum atomic E-state index is 5.63. The van der Waals surface area contributed by atoms with Crippen LogP contribution in [0.3, 0.4) is 0 Å². The Labute approximate surface area is 169 Å². The van der Waals surface area contributed by atoms with Gasteiger partial charge in [0, 0.05) is 18.8 Å². The second-order valence-electron chi connectivity index (χ2n) is 6.50. The molecule has 0 saturated carbocycles. The molecule has 0 N–H and O–H groups in total. The molecule has 0 fully saturated rings. The van der Waals surface area contributed by atoms with Gasteiger partial charge in [0.2, 0.25) is 0 Å². The summed E-state index contributed by atoms with van der Waals surface area (Å²) in [5, 5.41) is 0.906. The molecule has 0 saturated heterocycles. The number of para-hydroxylation sites is 2. The zero-order chi connectivity index (χ0) is 19.5. The van der Waals surface area contributed by atoms with Crippen molar-refractivity contribution in [3.05, 3.63) is 78.5 Å². The van der Waals surface area contributed by atoms with E-state index in [1.807, 2.05) is 62.8 Å². The van der Waals surface area contributed by atoms with Gasteiger partial charge in [0.1, 0.15) is 11.6 Å². The van der Waals surface area contributed by atoms with Crippen LogP contribution >= 0.6 is 11.8 Å². The molecule has 0 atom stereocenters. The summed E-state index contributed by atoms with van der Waals surface area (Å²) in [5.41, 5.74) is 4.14. The highest BCUT2D eigenvalue weighted by Crippen LogP contribution is 2.34. The minimum Gasteiger partial charge on any atom is -0.495 e. The number of aryl methyl sites for hydroxylation is 2. The number of hydrogen-bond donors (Lipinski definition) is 0. The second kappa shape index (κ2) is 7.94. The summed E-state index contributed by atoms with van der Waals surface area (Å²) < 4.78 is 9.85. The molecule has 0 aliphatic heterocycles. The fourth-order valence-electron chi connectivity index (χ4n) is 3.23. The number of methoxy groups -OCH3 is 1. The molecule has 0 unspecified atom stereocenters. The van der Waals surface area contributed by atoms with Crippen molar-refractivity contribution in [3.63, 3.8) is 0 Å². The Morgan fingerprint density at radius 2 is 1.79 bits per heavy atom. The van der Waals surface area contributed by atoms with E-state index in [0.717, 1.165) is 45.1 Å². The van der Waals surface area contributed by atoms with Crippen LogP contribution in [0.4, 0.5) is 0 Å². The van der Waals surface area contributed by atoms with Crippen LogP contribution < -0.4 is 4.74 Å². The normalized spacial score (nSPS) is 11.0. The van der Waals surface area contributed by atoms with Crippen molar-refractivity contribution in [2.45, 2.75) is 17.8 Å². The monoisotopic (exact) mass is 390 g/mol. The molecule has 0 aliphatic rings. The molecular formula is C22H22N4OS. The average molecular weight is 391 g/mol. The highest BCUT2D eigenvalue weighted by Gasteiger charge is 2.17. The number of thioether (sulfide) groups is 1. The third-order valence-corrected chi connectivity index (χ3v) is 5.50. The predicted octanol–water partition coefficient (Wildman–Crippen LogP) is 4.88.